The van der Waals surface area contributed by atoms with Gasteiger partial charge in [0.15, 0.2) is 5.75 Å². The highest BCUT2D eigenvalue weighted by Gasteiger charge is 2.14. The van der Waals surface area contributed by atoms with Gasteiger partial charge < -0.3 is 4.74 Å². The molecular weight excluding hydrogens is 241 g/mol. The van der Waals surface area contributed by atoms with Crippen molar-refractivity contribution in [3.05, 3.63) is 22.2 Å². The van der Waals surface area contributed by atoms with Crippen molar-refractivity contribution in [3.63, 3.8) is 0 Å². The summed E-state index contributed by atoms with van der Waals surface area (Å²) in [5, 5.41) is 0.0132. The van der Waals surface area contributed by atoms with Crippen LogP contribution in [0, 0.1) is 0 Å². The molecule has 0 saturated heterocycles. The average Bonchev–Trinajstić information content (AvgIpc) is 2.05. The molecule has 1 aromatic rings. The molecule has 72 valence electrons. The molecule has 0 radical (unpaired) electrons. The van der Waals surface area contributed by atoms with E-state index in [1.807, 2.05) is 0 Å². The Morgan fingerprint density at radius 3 is 2.46 bits per heavy atom. The van der Waals surface area contributed by atoms with Gasteiger partial charge in [0.25, 0.3) is 0 Å². The van der Waals surface area contributed by atoms with Crippen molar-refractivity contribution in [1.29, 1.82) is 0 Å². The summed E-state index contributed by atoms with van der Waals surface area (Å²) < 4.78 is 27.8. The van der Waals surface area contributed by atoms with Gasteiger partial charge in [0.05, 0.1) is 10.0 Å². The standard InChI is InChI=1S/C7H4Cl2F2OS/c8-3-1-2-4(13)5(9)6(3)12-7(10)11/h1-2,7,13H. The lowest BCUT2D eigenvalue weighted by Gasteiger charge is -2.09. The van der Waals surface area contributed by atoms with Gasteiger partial charge >= 0.3 is 6.61 Å². The highest BCUT2D eigenvalue weighted by atomic mass is 35.5. The Morgan fingerprint density at radius 2 is 1.92 bits per heavy atom. The van der Waals surface area contributed by atoms with Crippen LogP contribution in [0.15, 0.2) is 17.0 Å². The van der Waals surface area contributed by atoms with E-state index in [1.54, 1.807) is 0 Å². The summed E-state index contributed by atoms with van der Waals surface area (Å²) in [4.78, 5) is 0.335. The lowest BCUT2D eigenvalue weighted by atomic mass is 10.3. The van der Waals surface area contributed by atoms with Crippen LogP contribution in [0.1, 0.15) is 0 Å². The van der Waals surface area contributed by atoms with E-state index in [-0.39, 0.29) is 15.8 Å². The van der Waals surface area contributed by atoms with Crippen LogP contribution in [0.4, 0.5) is 8.78 Å². The first-order valence-corrected chi connectivity index (χ1v) is 4.34. The molecule has 0 heterocycles. The summed E-state index contributed by atoms with van der Waals surface area (Å²) in [6.07, 6.45) is 0. The molecule has 0 N–H and O–H groups in total. The van der Waals surface area contributed by atoms with Gasteiger partial charge in [-0.25, -0.2) is 0 Å². The molecule has 1 aromatic carbocycles. The maximum atomic E-state index is 11.8. The predicted octanol–water partition coefficient (Wildman–Crippen LogP) is 3.88. The molecule has 0 spiro atoms. The largest absolute Gasteiger partial charge is 0.432 e. The summed E-state index contributed by atoms with van der Waals surface area (Å²) >= 11 is 15.1. The molecule has 0 amide bonds. The fraction of sp³-hybridized carbons (Fsp3) is 0.143. The molecule has 0 saturated carbocycles. The van der Waals surface area contributed by atoms with Gasteiger partial charge in [-0.05, 0) is 12.1 Å². The van der Waals surface area contributed by atoms with Crippen molar-refractivity contribution in [2.75, 3.05) is 0 Å². The van der Waals surface area contributed by atoms with E-state index in [4.69, 9.17) is 23.2 Å². The van der Waals surface area contributed by atoms with Crippen LogP contribution in [0.3, 0.4) is 0 Å². The quantitative estimate of drug-likeness (QED) is 0.778. The van der Waals surface area contributed by atoms with Crippen molar-refractivity contribution in [1.82, 2.24) is 0 Å². The molecule has 0 aliphatic heterocycles. The van der Waals surface area contributed by atoms with E-state index in [0.29, 0.717) is 4.90 Å². The van der Waals surface area contributed by atoms with Crippen LogP contribution < -0.4 is 4.74 Å². The van der Waals surface area contributed by atoms with Crippen LogP contribution >= 0.6 is 35.8 Å². The minimum atomic E-state index is -2.95. The molecule has 0 aliphatic rings. The third kappa shape index (κ3) is 2.62. The topological polar surface area (TPSA) is 9.23 Å². The number of alkyl halides is 2. The predicted molar refractivity (Wildman–Crippen MR) is 50.3 cm³/mol. The summed E-state index contributed by atoms with van der Waals surface area (Å²) in [7, 11) is 0. The SMILES string of the molecule is FC(F)Oc1c(Cl)ccc(S)c1Cl. The zero-order valence-corrected chi connectivity index (χ0v) is 8.51. The molecule has 0 unspecified atom stereocenters. The number of hydrogen-bond acceptors (Lipinski definition) is 2. The summed E-state index contributed by atoms with van der Waals surface area (Å²) in [6, 6.07) is 2.87. The third-order valence-corrected chi connectivity index (χ3v) is 2.41. The number of benzene rings is 1. The second-order valence-electron chi connectivity index (χ2n) is 2.09. The van der Waals surface area contributed by atoms with Crippen molar-refractivity contribution in [3.8, 4) is 5.75 Å². The smallest absolute Gasteiger partial charge is 0.387 e. The van der Waals surface area contributed by atoms with E-state index < -0.39 is 6.61 Å². The molecular formula is C7H4Cl2F2OS. The highest BCUT2D eigenvalue weighted by molar-refractivity contribution is 7.80. The lowest BCUT2D eigenvalue weighted by Crippen LogP contribution is -2.03. The molecule has 0 fully saturated rings. The van der Waals surface area contributed by atoms with Gasteiger partial charge in [-0.15, -0.1) is 12.6 Å². The molecule has 1 rings (SSSR count). The molecule has 0 aliphatic carbocycles. The molecule has 0 aromatic heterocycles. The van der Waals surface area contributed by atoms with Crippen molar-refractivity contribution in [2.24, 2.45) is 0 Å². The minimum absolute atomic E-state index is 0.0175. The van der Waals surface area contributed by atoms with E-state index in [0.717, 1.165) is 0 Å². The Hall–Kier alpha value is -0.190. The van der Waals surface area contributed by atoms with Gasteiger partial charge in [0.1, 0.15) is 0 Å². The van der Waals surface area contributed by atoms with E-state index in [2.05, 4.69) is 17.4 Å². The molecule has 6 heteroatoms. The minimum Gasteiger partial charge on any atom is -0.432 e. The number of halogens is 4. The second-order valence-corrected chi connectivity index (χ2v) is 3.36. The monoisotopic (exact) mass is 244 g/mol. The fourth-order valence-corrected chi connectivity index (χ4v) is 1.36. The van der Waals surface area contributed by atoms with Crippen molar-refractivity contribution in [2.45, 2.75) is 11.5 Å². The lowest BCUT2D eigenvalue weighted by molar-refractivity contribution is -0.0498. The number of hydrogen-bond donors (Lipinski definition) is 1. The van der Waals surface area contributed by atoms with Gasteiger partial charge in [-0.3, -0.25) is 0 Å². The van der Waals surface area contributed by atoms with Crippen LogP contribution in [0.5, 0.6) is 5.75 Å². The first-order chi connectivity index (χ1) is 6.02. The summed E-state index contributed by atoms with van der Waals surface area (Å²) in [5.74, 6) is -0.245. The first-order valence-electron chi connectivity index (χ1n) is 3.14. The summed E-state index contributed by atoms with van der Waals surface area (Å²) in [6.45, 7) is -2.95. The van der Waals surface area contributed by atoms with Crippen molar-refractivity contribution >= 4 is 35.8 Å². The summed E-state index contributed by atoms with van der Waals surface area (Å²) in [5.41, 5.74) is 0. The van der Waals surface area contributed by atoms with Crippen LogP contribution in [0.25, 0.3) is 0 Å². The molecule has 1 nitrogen and oxygen atoms in total. The first kappa shape index (κ1) is 10.9. The second kappa shape index (κ2) is 4.35. The molecule has 13 heavy (non-hydrogen) atoms. The fourth-order valence-electron chi connectivity index (χ4n) is 0.719. The molecule has 0 bridgehead atoms. The van der Waals surface area contributed by atoms with Gasteiger partial charge in [0, 0.05) is 4.90 Å². The van der Waals surface area contributed by atoms with Gasteiger partial charge in [-0.2, -0.15) is 8.78 Å². The Kier molecular flexibility index (Phi) is 3.64. The van der Waals surface area contributed by atoms with E-state index >= 15 is 0 Å². The van der Waals surface area contributed by atoms with E-state index in [9.17, 15) is 8.78 Å². The maximum Gasteiger partial charge on any atom is 0.387 e. The van der Waals surface area contributed by atoms with Crippen molar-refractivity contribution < 1.29 is 13.5 Å². The molecule has 0 atom stereocenters. The van der Waals surface area contributed by atoms with Crippen LogP contribution in [-0.2, 0) is 0 Å². The zero-order valence-electron chi connectivity index (χ0n) is 6.10. The Labute approximate surface area is 89.0 Å². The van der Waals surface area contributed by atoms with Gasteiger partial charge in [-0.1, -0.05) is 23.2 Å². The normalized spacial score (nSPS) is 10.6. The van der Waals surface area contributed by atoms with Gasteiger partial charge in [0.2, 0.25) is 0 Å². The number of rotatable bonds is 2. The number of ether oxygens (including phenoxy) is 1. The van der Waals surface area contributed by atoms with Crippen LogP contribution in [0.2, 0.25) is 10.0 Å². The van der Waals surface area contributed by atoms with E-state index in [1.165, 1.54) is 12.1 Å². The highest BCUT2D eigenvalue weighted by Crippen LogP contribution is 2.37. The Morgan fingerprint density at radius 1 is 1.31 bits per heavy atom. The average molecular weight is 245 g/mol. The Bertz CT molecular complexity index is 320. The number of thiol groups is 1. The maximum absolute atomic E-state index is 11.8. The Balaban J connectivity index is 3.10. The third-order valence-electron chi connectivity index (χ3n) is 1.24. The zero-order chi connectivity index (χ0) is 10.0. The van der Waals surface area contributed by atoms with Crippen LogP contribution in [-0.4, -0.2) is 6.61 Å².